The monoisotopic (exact) mass is 295 g/mol. The molecule has 7 nitrogen and oxygen atoms in total. The van der Waals surface area contributed by atoms with E-state index in [1.165, 1.54) is 33.5 Å². The number of esters is 1. The van der Waals surface area contributed by atoms with E-state index in [2.05, 4.69) is 0 Å². The molecule has 0 amide bonds. The van der Waals surface area contributed by atoms with Crippen LogP contribution in [-0.4, -0.2) is 38.0 Å². The molecule has 0 N–H and O–H groups in total. The van der Waals surface area contributed by atoms with Crippen LogP contribution in [-0.2, 0) is 24.4 Å². The Balaban J connectivity index is 2.35. The maximum atomic E-state index is 12.2. The number of hydrogen-bond acceptors (Lipinski definition) is 6. The fourth-order valence-corrected chi connectivity index (χ4v) is 2.80. The van der Waals surface area contributed by atoms with Crippen LogP contribution < -0.4 is 0 Å². The van der Waals surface area contributed by atoms with Gasteiger partial charge in [0.2, 0.25) is 0 Å². The van der Waals surface area contributed by atoms with Crippen LogP contribution in [0.1, 0.15) is 18.4 Å². The highest BCUT2D eigenvalue weighted by atomic mass is 16.7. The molecule has 114 valence electrons. The maximum Gasteiger partial charge on any atom is 0.316 e. The molecule has 0 heterocycles. The second kappa shape index (κ2) is 5.42. The lowest BCUT2D eigenvalue weighted by molar-refractivity contribution is -0.384. The number of carbonyl (C=O) groups excluding carboxylic acids is 1. The van der Waals surface area contributed by atoms with Gasteiger partial charge in [0.1, 0.15) is 5.41 Å². The summed E-state index contributed by atoms with van der Waals surface area (Å²) in [5.41, 5.74) is -0.261. The Morgan fingerprint density at radius 2 is 1.67 bits per heavy atom. The molecule has 0 aliphatic heterocycles. The van der Waals surface area contributed by atoms with Crippen molar-refractivity contribution in [2.75, 3.05) is 21.3 Å². The number of nitro benzene ring substituents is 1. The SMILES string of the molecule is COC(=O)C1(c2ccc([N+](=O)[O-])cc2)CC(OC)(OC)C1. The highest BCUT2D eigenvalue weighted by Crippen LogP contribution is 2.53. The van der Waals surface area contributed by atoms with E-state index >= 15 is 0 Å². The van der Waals surface area contributed by atoms with Gasteiger partial charge in [0.05, 0.1) is 12.0 Å². The molecule has 1 aromatic carbocycles. The summed E-state index contributed by atoms with van der Waals surface area (Å²) < 4.78 is 15.5. The van der Waals surface area contributed by atoms with Crippen LogP contribution in [0.25, 0.3) is 0 Å². The zero-order chi connectivity index (χ0) is 15.7. The number of hydrogen-bond donors (Lipinski definition) is 0. The Hall–Kier alpha value is -1.99. The van der Waals surface area contributed by atoms with Crippen molar-refractivity contribution in [1.82, 2.24) is 0 Å². The van der Waals surface area contributed by atoms with Crippen molar-refractivity contribution in [3.05, 3.63) is 39.9 Å². The lowest BCUT2D eigenvalue weighted by Crippen LogP contribution is -2.60. The zero-order valence-corrected chi connectivity index (χ0v) is 12.1. The summed E-state index contributed by atoms with van der Waals surface area (Å²) in [6.45, 7) is 0. The first-order chi connectivity index (χ1) is 9.93. The number of non-ortho nitro benzene ring substituents is 1. The van der Waals surface area contributed by atoms with Crippen LogP contribution in [0.15, 0.2) is 24.3 Å². The quantitative estimate of drug-likeness (QED) is 0.356. The van der Waals surface area contributed by atoms with E-state index in [4.69, 9.17) is 14.2 Å². The average Bonchev–Trinajstić information content (AvgIpc) is 2.47. The molecule has 0 spiro atoms. The lowest BCUT2D eigenvalue weighted by Gasteiger charge is -2.52. The summed E-state index contributed by atoms with van der Waals surface area (Å²) in [6.07, 6.45) is 0.606. The van der Waals surface area contributed by atoms with Gasteiger partial charge in [-0.15, -0.1) is 0 Å². The first-order valence-electron chi connectivity index (χ1n) is 6.37. The highest BCUT2D eigenvalue weighted by molar-refractivity contribution is 5.85. The predicted molar refractivity (Wildman–Crippen MR) is 72.8 cm³/mol. The fraction of sp³-hybridized carbons (Fsp3) is 0.500. The average molecular weight is 295 g/mol. The molecule has 1 fully saturated rings. The van der Waals surface area contributed by atoms with Gasteiger partial charge in [-0.25, -0.2) is 0 Å². The van der Waals surface area contributed by atoms with Crippen LogP contribution in [0, 0.1) is 10.1 Å². The summed E-state index contributed by atoms with van der Waals surface area (Å²) >= 11 is 0. The molecule has 7 heteroatoms. The number of ether oxygens (including phenoxy) is 3. The van der Waals surface area contributed by atoms with E-state index in [0.29, 0.717) is 18.4 Å². The predicted octanol–water partition coefficient (Wildman–Crippen LogP) is 1.79. The maximum absolute atomic E-state index is 12.2. The zero-order valence-electron chi connectivity index (χ0n) is 12.1. The number of benzene rings is 1. The standard InChI is InChI=1S/C14H17NO6/c1-19-12(16)13(8-14(9-13,20-2)21-3)10-4-6-11(7-5-10)15(17)18/h4-7H,8-9H2,1-3H3. The van der Waals surface area contributed by atoms with Gasteiger partial charge < -0.3 is 14.2 Å². The number of carbonyl (C=O) groups is 1. The van der Waals surface area contributed by atoms with Crippen LogP contribution in [0.3, 0.4) is 0 Å². The van der Waals surface area contributed by atoms with Crippen molar-refractivity contribution < 1.29 is 23.9 Å². The molecule has 1 aliphatic carbocycles. The van der Waals surface area contributed by atoms with Crippen molar-refractivity contribution >= 4 is 11.7 Å². The van der Waals surface area contributed by atoms with Gasteiger partial charge in [-0.3, -0.25) is 14.9 Å². The van der Waals surface area contributed by atoms with Crippen molar-refractivity contribution in [2.45, 2.75) is 24.0 Å². The molecule has 0 atom stereocenters. The Bertz CT molecular complexity index is 541. The minimum atomic E-state index is -0.893. The van der Waals surface area contributed by atoms with E-state index in [0.717, 1.165) is 0 Å². The Morgan fingerprint density at radius 1 is 1.14 bits per heavy atom. The number of rotatable bonds is 5. The Morgan fingerprint density at radius 3 is 2.05 bits per heavy atom. The molecule has 1 aromatic rings. The molecule has 0 bridgehead atoms. The van der Waals surface area contributed by atoms with Crippen LogP contribution in [0.5, 0.6) is 0 Å². The minimum absolute atomic E-state index is 0.0252. The van der Waals surface area contributed by atoms with Crippen LogP contribution in [0.4, 0.5) is 5.69 Å². The first-order valence-corrected chi connectivity index (χ1v) is 6.37. The molecular weight excluding hydrogens is 278 g/mol. The molecular formula is C14H17NO6. The van der Waals surface area contributed by atoms with Gasteiger partial charge in [-0.1, -0.05) is 12.1 Å². The summed E-state index contributed by atoms with van der Waals surface area (Å²) in [4.78, 5) is 22.4. The second-order valence-corrected chi connectivity index (χ2v) is 5.05. The Kier molecular flexibility index (Phi) is 3.97. The van der Waals surface area contributed by atoms with Crippen molar-refractivity contribution in [1.29, 1.82) is 0 Å². The van der Waals surface area contributed by atoms with Gasteiger partial charge in [0.25, 0.3) is 5.69 Å². The van der Waals surface area contributed by atoms with E-state index < -0.39 is 22.1 Å². The smallest absolute Gasteiger partial charge is 0.316 e. The molecule has 2 rings (SSSR count). The van der Waals surface area contributed by atoms with Gasteiger partial charge in [-0.2, -0.15) is 0 Å². The summed E-state index contributed by atoms with van der Waals surface area (Å²) in [7, 11) is 4.34. The fourth-order valence-electron chi connectivity index (χ4n) is 2.80. The number of methoxy groups -OCH3 is 3. The lowest BCUT2D eigenvalue weighted by atomic mass is 9.60. The number of nitro groups is 1. The minimum Gasteiger partial charge on any atom is -0.468 e. The third-order valence-corrected chi connectivity index (χ3v) is 4.09. The molecule has 0 radical (unpaired) electrons. The highest BCUT2D eigenvalue weighted by Gasteiger charge is 2.62. The molecule has 0 unspecified atom stereocenters. The molecule has 1 saturated carbocycles. The van der Waals surface area contributed by atoms with E-state index in [1.54, 1.807) is 12.1 Å². The van der Waals surface area contributed by atoms with Crippen molar-refractivity contribution in [2.24, 2.45) is 0 Å². The van der Waals surface area contributed by atoms with Crippen LogP contribution in [0.2, 0.25) is 0 Å². The van der Waals surface area contributed by atoms with E-state index in [9.17, 15) is 14.9 Å². The van der Waals surface area contributed by atoms with E-state index in [-0.39, 0.29) is 5.69 Å². The molecule has 0 saturated heterocycles. The van der Waals surface area contributed by atoms with Gasteiger partial charge in [-0.05, 0) is 5.56 Å². The van der Waals surface area contributed by atoms with Crippen LogP contribution >= 0.6 is 0 Å². The third-order valence-electron chi connectivity index (χ3n) is 4.09. The first kappa shape index (κ1) is 15.4. The van der Waals surface area contributed by atoms with Gasteiger partial charge >= 0.3 is 5.97 Å². The van der Waals surface area contributed by atoms with E-state index in [1.807, 2.05) is 0 Å². The third kappa shape index (κ3) is 2.38. The van der Waals surface area contributed by atoms with Gasteiger partial charge in [0, 0.05) is 39.2 Å². The summed E-state index contributed by atoms with van der Waals surface area (Å²) in [6, 6.07) is 5.90. The van der Waals surface area contributed by atoms with Gasteiger partial charge in [0.15, 0.2) is 5.79 Å². The topological polar surface area (TPSA) is 87.9 Å². The summed E-state index contributed by atoms with van der Waals surface area (Å²) in [5, 5.41) is 10.7. The molecule has 1 aliphatic rings. The van der Waals surface area contributed by atoms with Crippen molar-refractivity contribution in [3.63, 3.8) is 0 Å². The normalized spacial score (nSPS) is 18.6. The second-order valence-electron chi connectivity index (χ2n) is 5.05. The Labute approximate surface area is 122 Å². The molecule has 0 aromatic heterocycles. The van der Waals surface area contributed by atoms with Crippen molar-refractivity contribution in [3.8, 4) is 0 Å². The number of nitrogens with zero attached hydrogens (tertiary/aromatic N) is 1. The molecule has 21 heavy (non-hydrogen) atoms. The summed E-state index contributed by atoms with van der Waals surface area (Å²) in [5.74, 6) is -1.23. The largest absolute Gasteiger partial charge is 0.468 e.